The fraction of sp³-hybridized carbons (Fsp3) is 0.452. The van der Waals surface area contributed by atoms with E-state index in [1.54, 1.807) is 12.3 Å². The average Bonchev–Trinajstić information content (AvgIpc) is 3.67. The molecule has 1 N–H and O–H groups in total. The number of hydrogen-bond donors (Lipinski definition) is 1. The maximum Gasteiger partial charge on any atom is 0.213 e. The van der Waals surface area contributed by atoms with E-state index in [2.05, 4.69) is 38.7 Å². The molecule has 4 nitrogen and oxygen atoms in total. The van der Waals surface area contributed by atoms with Gasteiger partial charge >= 0.3 is 0 Å². The lowest BCUT2D eigenvalue weighted by atomic mass is 9.75. The summed E-state index contributed by atoms with van der Waals surface area (Å²) in [6.45, 7) is 12.5. The molecule has 3 atom stereocenters. The molecular formula is C31H39FNO3P. The van der Waals surface area contributed by atoms with E-state index < -0.39 is 7.37 Å². The summed E-state index contributed by atoms with van der Waals surface area (Å²) in [7, 11) is -3.13. The highest BCUT2D eigenvalue weighted by atomic mass is 31.2. The van der Waals surface area contributed by atoms with Crippen LogP contribution in [0, 0.1) is 24.1 Å². The van der Waals surface area contributed by atoms with E-state index in [1.807, 2.05) is 37.3 Å². The smallest absolute Gasteiger partial charge is 0.213 e. The molecule has 0 bridgehead atoms. The Hall–Kier alpha value is -2.49. The van der Waals surface area contributed by atoms with Crippen LogP contribution < -0.4 is 4.74 Å². The Bertz CT molecular complexity index is 1310. The zero-order valence-corrected chi connectivity index (χ0v) is 23.7. The standard InChI is InChI=1S/C31H39FNO3P/c1-20-7-12-29(32)27(15-20)25-11-8-22(16-26(25)21(2)31(3,4)5)18-36-30-17-24(13-14-33-30)28(23-9-10-23)19-37(6,34)35/h7-8,11-17,21,23,28H,9-10,18-19H2,1-6H3,(H,34,35)/t21-,28+/m1/s1. The number of halogens is 1. The Balaban J connectivity index is 1.60. The monoisotopic (exact) mass is 523 g/mol. The van der Waals surface area contributed by atoms with E-state index in [0.717, 1.165) is 40.7 Å². The first-order valence-electron chi connectivity index (χ1n) is 13.1. The van der Waals surface area contributed by atoms with Gasteiger partial charge in [-0.1, -0.05) is 57.5 Å². The molecule has 0 spiro atoms. The number of pyridine rings is 1. The van der Waals surface area contributed by atoms with Crippen LogP contribution in [0.4, 0.5) is 4.39 Å². The van der Waals surface area contributed by atoms with Gasteiger partial charge in [-0.3, -0.25) is 4.57 Å². The molecule has 3 aromatic rings. The molecule has 0 saturated heterocycles. The second kappa shape index (κ2) is 10.7. The van der Waals surface area contributed by atoms with E-state index >= 15 is 0 Å². The van der Waals surface area contributed by atoms with Crippen molar-refractivity contribution in [3.63, 3.8) is 0 Å². The number of nitrogens with zero attached hydrogens (tertiary/aromatic N) is 1. The number of aryl methyl sites for hydroxylation is 1. The maximum absolute atomic E-state index is 14.9. The Morgan fingerprint density at radius 1 is 1.11 bits per heavy atom. The quantitative estimate of drug-likeness (QED) is 0.287. The van der Waals surface area contributed by atoms with Gasteiger partial charge in [0.2, 0.25) is 5.88 Å². The lowest BCUT2D eigenvalue weighted by Crippen LogP contribution is -2.16. The topological polar surface area (TPSA) is 59.4 Å². The minimum Gasteiger partial charge on any atom is -0.473 e. The first-order valence-corrected chi connectivity index (χ1v) is 15.4. The summed E-state index contributed by atoms with van der Waals surface area (Å²) in [5.74, 6) is 0.973. The highest BCUT2D eigenvalue weighted by Crippen LogP contribution is 2.50. The van der Waals surface area contributed by atoms with Crippen molar-refractivity contribution in [3.05, 3.63) is 82.8 Å². The fourth-order valence-electron chi connectivity index (χ4n) is 4.90. The fourth-order valence-corrected chi connectivity index (χ4v) is 6.14. The van der Waals surface area contributed by atoms with Crippen LogP contribution >= 0.6 is 7.37 Å². The Morgan fingerprint density at radius 2 is 1.84 bits per heavy atom. The number of ether oxygens (including phenoxy) is 1. The third kappa shape index (κ3) is 7.09. The van der Waals surface area contributed by atoms with Crippen LogP contribution in [0.25, 0.3) is 11.1 Å². The molecule has 0 amide bonds. The summed E-state index contributed by atoms with van der Waals surface area (Å²) in [6, 6.07) is 15.2. The molecule has 1 heterocycles. The number of benzene rings is 2. The summed E-state index contributed by atoms with van der Waals surface area (Å²) >= 11 is 0. The van der Waals surface area contributed by atoms with Crippen molar-refractivity contribution in [1.29, 1.82) is 0 Å². The maximum atomic E-state index is 14.9. The molecule has 37 heavy (non-hydrogen) atoms. The molecule has 1 unspecified atom stereocenters. The van der Waals surface area contributed by atoms with Crippen molar-refractivity contribution in [2.75, 3.05) is 12.8 Å². The second-order valence-electron chi connectivity index (χ2n) is 11.9. The van der Waals surface area contributed by atoms with Crippen molar-refractivity contribution in [1.82, 2.24) is 4.98 Å². The summed E-state index contributed by atoms with van der Waals surface area (Å²) in [5, 5.41) is 0. The van der Waals surface area contributed by atoms with Crippen molar-refractivity contribution in [2.45, 2.75) is 65.9 Å². The van der Waals surface area contributed by atoms with Crippen LogP contribution in [0.15, 0.2) is 54.7 Å². The van der Waals surface area contributed by atoms with Gasteiger partial charge in [-0.05, 0) is 83.4 Å². The number of aromatic nitrogens is 1. The molecule has 1 fully saturated rings. The molecule has 4 rings (SSSR count). The normalized spacial score (nSPS) is 17.2. The third-order valence-corrected chi connectivity index (χ3v) is 8.66. The highest BCUT2D eigenvalue weighted by Gasteiger charge is 2.35. The Morgan fingerprint density at radius 3 is 2.49 bits per heavy atom. The molecule has 0 radical (unpaired) electrons. The first kappa shape index (κ1) is 27.5. The average molecular weight is 524 g/mol. The van der Waals surface area contributed by atoms with Crippen molar-refractivity contribution >= 4 is 7.37 Å². The number of hydrogen-bond acceptors (Lipinski definition) is 3. The lowest BCUT2D eigenvalue weighted by molar-refractivity contribution is 0.292. The van der Waals surface area contributed by atoms with Gasteiger partial charge in [0.15, 0.2) is 7.37 Å². The molecule has 1 saturated carbocycles. The van der Waals surface area contributed by atoms with Gasteiger partial charge in [0.1, 0.15) is 12.4 Å². The van der Waals surface area contributed by atoms with Crippen LogP contribution in [-0.4, -0.2) is 22.7 Å². The van der Waals surface area contributed by atoms with Crippen molar-refractivity contribution in [2.24, 2.45) is 11.3 Å². The van der Waals surface area contributed by atoms with Crippen LogP contribution in [0.2, 0.25) is 0 Å². The van der Waals surface area contributed by atoms with E-state index in [1.165, 1.54) is 12.7 Å². The van der Waals surface area contributed by atoms with Gasteiger partial charge in [-0.2, -0.15) is 0 Å². The zero-order valence-electron chi connectivity index (χ0n) is 22.8. The molecule has 1 aliphatic carbocycles. The number of rotatable bonds is 9. The van der Waals surface area contributed by atoms with E-state index in [4.69, 9.17) is 4.74 Å². The molecule has 2 aromatic carbocycles. The van der Waals surface area contributed by atoms with E-state index in [9.17, 15) is 13.8 Å². The predicted octanol–water partition coefficient (Wildman–Crippen LogP) is 8.32. The Labute approximate surface area is 220 Å². The zero-order chi connectivity index (χ0) is 27.0. The Kier molecular flexibility index (Phi) is 7.97. The van der Waals surface area contributed by atoms with Crippen molar-refractivity contribution < 1.29 is 18.6 Å². The minimum atomic E-state index is -3.13. The van der Waals surface area contributed by atoms with Crippen LogP contribution in [0.3, 0.4) is 0 Å². The van der Waals surface area contributed by atoms with Crippen LogP contribution in [-0.2, 0) is 11.2 Å². The first-order chi connectivity index (χ1) is 17.3. The van der Waals surface area contributed by atoms with Crippen LogP contribution in [0.1, 0.15) is 74.6 Å². The van der Waals surface area contributed by atoms with Crippen molar-refractivity contribution in [3.8, 4) is 17.0 Å². The molecule has 6 heteroatoms. The SMILES string of the molecule is Cc1ccc(F)c(-c2ccc(COc3cc([C@@H](CP(C)(=O)O)C4CC4)ccn3)cc2[C@@H](C)C(C)(C)C)c1. The predicted molar refractivity (Wildman–Crippen MR) is 149 cm³/mol. The molecule has 1 aliphatic rings. The summed E-state index contributed by atoms with van der Waals surface area (Å²) in [5.41, 5.74) is 5.64. The largest absolute Gasteiger partial charge is 0.473 e. The van der Waals surface area contributed by atoms with Gasteiger partial charge in [0, 0.05) is 30.7 Å². The second-order valence-corrected chi connectivity index (χ2v) is 14.4. The van der Waals surface area contributed by atoms with Gasteiger partial charge < -0.3 is 9.63 Å². The highest BCUT2D eigenvalue weighted by molar-refractivity contribution is 7.57. The summed E-state index contributed by atoms with van der Waals surface area (Å²) in [4.78, 5) is 14.4. The van der Waals surface area contributed by atoms with E-state index in [-0.39, 0.29) is 29.2 Å². The van der Waals surface area contributed by atoms with Gasteiger partial charge in [0.25, 0.3) is 0 Å². The van der Waals surface area contributed by atoms with E-state index in [0.29, 0.717) is 24.0 Å². The summed E-state index contributed by atoms with van der Waals surface area (Å²) < 4.78 is 33.1. The molecular weight excluding hydrogens is 484 g/mol. The van der Waals surface area contributed by atoms with Gasteiger partial charge in [0.05, 0.1) is 0 Å². The van der Waals surface area contributed by atoms with Crippen LogP contribution in [0.5, 0.6) is 5.88 Å². The van der Waals surface area contributed by atoms with Gasteiger partial charge in [-0.15, -0.1) is 0 Å². The molecule has 198 valence electrons. The molecule has 1 aromatic heterocycles. The van der Waals surface area contributed by atoms with Gasteiger partial charge in [-0.25, -0.2) is 9.37 Å². The molecule has 0 aliphatic heterocycles. The summed E-state index contributed by atoms with van der Waals surface area (Å²) in [6.07, 6.45) is 4.18. The lowest BCUT2D eigenvalue weighted by Gasteiger charge is -2.30. The third-order valence-electron chi connectivity index (χ3n) is 7.59. The minimum absolute atomic E-state index is 0.00629.